The second-order valence-corrected chi connectivity index (χ2v) is 4.40. The molecule has 0 saturated carbocycles. The molecule has 2 heteroatoms. The fourth-order valence-electron chi connectivity index (χ4n) is 2.64. The zero-order chi connectivity index (χ0) is 9.38. The van der Waals surface area contributed by atoms with Gasteiger partial charge >= 0.3 is 0 Å². The molecule has 1 saturated heterocycles. The maximum Gasteiger partial charge on any atom is 0.0462 e. The van der Waals surface area contributed by atoms with E-state index in [1.165, 1.54) is 50.2 Å². The SMILES string of the molecule is C1=CC2=NC=C3CCCN3CC2CC1. The van der Waals surface area contributed by atoms with Crippen molar-refractivity contribution in [2.24, 2.45) is 10.9 Å². The Balaban J connectivity index is 1.92. The number of aliphatic imine (C=N–C) groups is 1. The molecule has 2 aliphatic heterocycles. The molecule has 0 radical (unpaired) electrons. The predicted octanol–water partition coefficient (Wildman–Crippen LogP) is 2.34. The van der Waals surface area contributed by atoms with Gasteiger partial charge in [-0.1, -0.05) is 6.08 Å². The van der Waals surface area contributed by atoms with Crippen molar-refractivity contribution in [2.45, 2.75) is 25.7 Å². The third-order valence-corrected chi connectivity index (χ3v) is 3.46. The lowest BCUT2D eigenvalue weighted by molar-refractivity contribution is 0.351. The largest absolute Gasteiger partial charge is 0.373 e. The quantitative estimate of drug-likeness (QED) is 0.569. The summed E-state index contributed by atoms with van der Waals surface area (Å²) in [6.07, 6.45) is 11.6. The summed E-state index contributed by atoms with van der Waals surface area (Å²) in [6.45, 7) is 2.45. The third kappa shape index (κ3) is 1.29. The van der Waals surface area contributed by atoms with Gasteiger partial charge in [0.15, 0.2) is 0 Å². The highest BCUT2D eigenvalue weighted by Crippen LogP contribution is 2.28. The molecule has 2 heterocycles. The Kier molecular flexibility index (Phi) is 1.93. The van der Waals surface area contributed by atoms with Gasteiger partial charge in [0.1, 0.15) is 0 Å². The zero-order valence-electron chi connectivity index (χ0n) is 8.45. The van der Waals surface area contributed by atoms with E-state index in [4.69, 9.17) is 0 Å². The summed E-state index contributed by atoms with van der Waals surface area (Å²) in [5, 5.41) is 0. The first kappa shape index (κ1) is 8.27. The zero-order valence-corrected chi connectivity index (χ0v) is 8.45. The maximum atomic E-state index is 4.61. The Bertz CT molecular complexity index is 325. The molecule has 0 spiro atoms. The molecule has 3 aliphatic rings. The van der Waals surface area contributed by atoms with Crippen molar-refractivity contribution in [3.63, 3.8) is 0 Å². The number of fused-ring (bicyclic) bond motifs is 2. The van der Waals surface area contributed by atoms with Crippen molar-refractivity contribution in [1.82, 2.24) is 4.90 Å². The first-order chi connectivity index (χ1) is 6.93. The minimum Gasteiger partial charge on any atom is -0.373 e. The van der Waals surface area contributed by atoms with Crippen molar-refractivity contribution < 1.29 is 0 Å². The van der Waals surface area contributed by atoms with Crippen LogP contribution in [0.1, 0.15) is 25.7 Å². The molecule has 1 unspecified atom stereocenters. The lowest BCUT2D eigenvalue weighted by atomic mass is 9.92. The van der Waals surface area contributed by atoms with E-state index in [-0.39, 0.29) is 0 Å². The van der Waals surface area contributed by atoms with Gasteiger partial charge in [0.05, 0.1) is 0 Å². The van der Waals surface area contributed by atoms with E-state index in [9.17, 15) is 0 Å². The van der Waals surface area contributed by atoms with E-state index in [0.29, 0.717) is 5.92 Å². The molecule has 14 heavy (non-hydrogen) atoms. The van der Waals surface area contributed by atoms with Crippen molar-refractivity contribution in [3.05, 3.63) is 24.0 Å². The van der Waals surface area contributed by atoms with E-state index >= 15 is 0 Å². The summed E-state index contributed by atoms with van der Waals surface area (Å²) in [5.74, 6) is 0.687. The van der Waals surface area contributed by atoms with E-state index < -0.39 is 0 Å². The van der Waals surface area contributed by atoms with Gasteiger partial charge in [-0.15, -0.1) is 0 Å². The van der Waals surface area contributed by atoms with Gasteiger partial charge in [0, 0.05) is 36.6 Å². The summed E-state index contributed by atoms with van der Waals surface area (Å²) < 4.78 is 0. The minimum absolute atomic E-state index is 0.687. The molecule has 74 valence electrons. The molecule has 1 aliphatic carbocycles. The van der Waals surface area contributed by atoms with Crippen LogP contribution in [0.2, 0.25) is 0 Å². The molecule has 2 nitrogen and oxygen atoms in total. The Morgan fingerprint density at radius 2 is 2.43 bits per heavy atom. The van der Waals surface area contributed by atoms with E-state index in [1.807, 2.05) is 0 Å². The van der Waals surface area contributed by atoms with Crippen LogP contribution in [0.3, 0.4) is 0 Å². The summed E-state index contributed by atoms with van der Waals surface area (Å²) in [6, 6.07) is 0. The smallest absolute Gasteiger partial charge is 0.0462 e. The summed E-state index contributed by atoms with van der Waals surface area (Å²) in [4.78, 5) is 7.14. The second kappa shape index (κ2) is 3.26. The lowest BCUT2D eigenvalue weighted by Gasteiger charge is -2.25. The molecule has 0 amide bonds. The number of rotatable bonds is 0. The highest BCUT2D eigenvalue weighted by molar-refractivity contribution is 5.98. The average Bonchev–Trinajstić information content (AvgIpc) is 2.58. The standard InChI is InChI=1S/C12H16N2/c1-2-6-12-10(4-1)9-14-7-3-5-11(14)8-13-12/h2,6,8,10H,1,3-5,7,9H2. The van der Waals surface area contributed by atoms with Crippen LogP contribution in [0.4, 0.5) is 0 Å². The molecular formula is C12H16N2. The van der Waals surface area contributed by atoms with Gasteiger partial charge in [-0.3, -0.25) is 4.99 Å². The minimum atomic E-state index is 0.687. The Morgan fingerprint density at radius 3 is 3.43 bits per heavy atom. The fourth-order valence-corrected chi connectivity index (χ4v) is 2.64. The van der Waals surface area contributed by atoms with E-state index in [0.717, 1.165) is 0 Å². The lowest BCUT2D eigenvalue weighted by Crippen LogP contribution is -2.29. The molecule has 0 aromatic heterocycles. The molecule has 0 bridgehead atoms. The Morgan fingerprint density at radius 1 is 1.43 bits per heavy atom. The predicted molar refractivity (Wildman–Crippen MR) is 58.2 cm³/mol. The fraction of sp³-hybridized carbons (Fsp3) is 0.583. The number of nitrogens with zero attached hydrogens (tertiary/aromatic N) is 2. The first-order valence-electron chi connectivity index (χ1n) is 5.62. The van der Waals surface area contributed by atoms with Crippen LogP contribution >= 0.6 is 0 Å². The molecular weight excluding hydrogens is 172 g/mol. The van der Waals surface area contributed by atoms with Crippen molar-refractivity contribution in [2.75, 3.05) is 13.1 Å². The van der Waals surface area contributed by atoms with Gasteiger partial charge in [-0.2, -0.15) is 0 Å². The normalized spacial score (nSPS) is 30.3. The van der Waals surface area contributed by atoms with Crippen LogP contribution in [0, 0.1) is 5.92 Å². The van der Waals surface area contributed by atoms with Gasteiger partial charge in [0.25, 0.3) is 0 Å². The molecule has 0 aromatic rings. The average molecular weight is 188 g/mol. The van der Waals surface area contributed by atoms with Crippen LogP contribution in [0.15, 0.2) is 29.0 Å². The maximum absolute atomic E-state index is 4.61. The van der Waals surface area contributed by atoms with E-state index in [1.54, 1.807) is 0 Å². The van der Waals surface area contributed by atoms with Gasteiger partial charge in [-0.05, 0) is 31.8 Å². The summed E-state index contributed by atoms with van der Waals surface area (Å²) in [5.41, 5.74) is 2.76. The van der Waals surface area contributed by atoms with Crippen LogP contribution < -0.4 is 0 Å². The highest BCUT2D eigenvalue weighted by atomic mass is 15.2. The Hall–Kier alpha value is -1.05. The second-order valence-electron chi connectivity index (χ2n) is 4.40. The van der Waals surface area contributed by atoms with Crippen molar-refractivity contribution in [3.8, 4) is 0 Å². The summed E-state index contributed by atoms with van der Waals surface area (Å²) in [7, 11) is 0. The monoisotopic (exact) mass is 188 g/mol. The van der Waals surface area contributed by atoms with Gasteiger partial charge in [0.2, 0.25) is 0 Å². The highest BCUT2D eigenvalue weighted by Gasteiger charge is 2.26. The van der Waals surface area contributed by atoms with Crippen LogP contribution in [-0.4, -0.2) is 23.7 Å². The van der Waals surface area contributed by atoms with Crippen LogP contribution in [0.5, 0.6) is 0 Å². The molecule has 1 fully saturated rings. The number of hydrogen-bond acceptors (Lipinski definition) is 2. The topological polar surface area (TPSA) is 15.6 Å². The first-order valence-corrected chi connectivity index (χ1v) is 5.62. The van der Waals surface area contributed by atoms with Crippen LogP contribution in [-0.2, 0) is 0 Å². The molecule has 0 N–H and O–H groups in total. The van der Waals surface area contributed by atoms with Crippen molar-refractivity contribution >= 4 is 5.71 Å². The van der Waals surface area contributed by atoms with Gasteiger partial charge < -0.3 is 4.90 Å². The Labute approximate surface area is 85.0 Å². The number of hydrogen-bond donors (Lipinski definition) is 0. The van der Waals surface area contributed by atoms with Gasteiger partial charge in [-0.25, -0.2) is 0 Å². The van der Waals surface area contributed by atoms with E-state index in [2.05, 4.69) is 28.2 Å². The third-order valence-electron chi connectivity index (χ3n) is 3.46. The molecule has 0 aromatic carbocycles. The number of allylic oxidation sites excluding steroid dienone is 3. The molecule has 3 rings (SSSR count). The molecule has 1 atom stereocenters. The van der Waals surface area contributed by atoms with Crippen molar-refractivity contribution in [1.29, 1.82) is 0 Å². The van der Waals surface area contributed by atoms with Crippen LogP contribution in [0.25, 0.3) is 0 Å². The summed E-state index contributed by atoms with van der Waals surface area (Å²) >= 11 is 0.